The van der Waals surface area contributed by atoms with E-state index in [0.717, 1.165) is 16.7 Å². The molecule has 0 N–H and O–H groups in total. The number of hydrogen-bond donors (Lipinski definition) is 0. The number of alkyl halides is 11. The average molecular weight is 2090 g/mol. The van der Waals surface area contributed by atoms with Crippen LogP contribution in [0.2, 0.25) is 0 Å². The lowest BCUT2D eigenvalue weighted by atomic mass is 9.71. The summed E-state index contributed by atoms with van der Waals surface area (Å²) in [7, 11) is 0. The van der Waals surface area contributed by atoms with Crippen LogP contribution in [0.1, 0.15) is 187 Å². The molecule has 0 amide bonds. The molecule has 6 rings (SSSR count). The van der Waals surface area contributed by atoms with Gasteiger partial charge in [-0.05, 0) is 160 Å². The van der Waals surface area contributed by atoms with Gasteiger partial charge in [0.2, 0.25) is 0 Å². The maximum absolute atomic E-state index is 13.9. The van der Waals surface area contributed by atoms with Crippen molar-refractivity contribution in [2.24, 2.45) is 48.7 Å². The van der Waals surface area contributed by atoms with Gasteiger partial charge in [0.05, 0.1) is 62.3 Å². The molecule has 0 saturated heterocycles. The number of ether oxygens (including phenoxy) is 11. The molecular weight excluding hydrogens is 1960 g/mol. The Balaban J connectivity index is 1.09. The van der Waals surface area contributed by atoms with E-state index in [1.54, 1.807) is 143 Å². The first-order valence-electron chi connectivity index (χ1n) is 43.7. The number of carbonyl (C=O) groups is 10. The van der Waals surface area contributed by atoms with Crippen LogP contribution in [0.4, 0.5) is 0 Å². The Labute approximate surface area is 840 Å². The quantitative estimate of drug-likeness (QED) is 0.00651. The first-order valence-corrected chi connectivity index (χ1v) is 49.6. The van der Waals surface area contributed by atoms with Crippen molar-refractivity contribution in [3.8, 4) is 17.2 Å². The smallest absolute Gasteiger partial charge is 0.319 e. The predicted octanol–water partition coefficient (Wildman–Crippen LogP) is 20.2. The molecule has 27 nitrogen and oxygen atoms in total. The molecule has 6 aromatic rings. The standard InChI is InChI=1S/C96H123Cl11N6O21/c1-14-87(4,50-97)77(114)36-37-88(5,61-128-82(119)90(7,53-100)54-101)81(118)125-48-69-42-109-112(45-69)39-19-16-22-79(116)133-75-32-26-72(27-33-75)96(13,71-24-30-74(31-25-71)132-78(115)21-15-18-38-111-44-68(41-108-111)47-124-67(3)94(11,62-129-83(120)91(8,55-102)56-103)63-130-84(121)92(9,57-104)58-105)73-28-34-76(35-29-73)134-80(117)23-17-20-40-113-46-70(43-110-113)49-126-86(123)95(12,64-127-66(2)89(6,51-98)52-99)65-131-85(122)93(10,59-106)60-107/h24-35,41-46H,2-3,14-23,36-40,47-65H2,1,4-13H3. The van der Waals surface area contributed by atoms with Crippen LogP contribution < -0.4 is 14.2 Å². The highest BCUT2D eigenvalue weighted by Gasteiger charge is 2.46. The highest BCUT2D eigenvalue weighted by molar-refractivity contribution is 6.26. The second kappa shape index (κ2) is 53.6. The molecule has 0 fully saturated rings. The summed E-state index contributed by atoms with van der Waals surface area (Å²) in [6, 6.07) is 21.3. The van der Waals surface area contributed by atoms with E-state index in [0.29, 0.717) is 98.5 Å². The van der Waals surface area contributed by atoms with E-state index in [4.69, 9.17) is 180 Å². The maximum atomic E-state index is 13.9. The highest BCUT2D eigenvalue weighted by atomic mass is 35.5. The lowest BCUT2D eigenvalue weighted by molar-refractivity contribution is -0.171. The van der Waals surface area contributed by atoms with Crippen LogP contribution in [0.25, 0.3) is 0 Å². The van der Waals surface area contributed by atoms with E-state index >= 15 is 0 Å². The Morgan fingerprint density at radius 1 is 0.306 bits per heavy atom. The number of hydrogen-bond acceptors (Lipinski definition) is 24. The van der Waals surface area contributed by atoms with E-state index < -0.39 is 114 Å². The second-order valence-electron chi connectivity index (χ2n) is 36.5. The zero-order valence-corrected chi connectivity index (χ0v) is 86.1. The van der Waals surface area contributed by atoms with Gasteiger partial charge in [-0.3, -0.25) is 62.0 Å². The van der Waals surface area contributed by atoms with Gasteiger partial charge in [0.15, 0.2) is 0 Å². The normalized spacial score (nSPS) is 13.9. The third-order valence-corrected chi connectivity index (χ3v) is 30.3. The predicted molar refractivity (Wildman–Crippen MR) is 518 cm³/mol. The summed E-state index contributed by atoms with van der Waals surface area (Å²) < 4.78 is 68.7. The molecule has 4 atom stereocenters. The van der Waals surface area contributed by atoms with E-state index in [2.05, 4.69) is 28.5 Å². The minimum atomic E-state index is -1.53. The summed E-state index contributed by atoms with van der Waals surface area (Å²) in [6.07, 6.45) is 13.6. The van der Waals surface area contributed by atoms with Crippen molar-refractivity contribution in [2.45, 2.75) is 198 Å². The van der Waals surface area contributed by atoms with Crippen LogP contribution in [-0.4, -0.2) is 187 Å². The Kier molecular flexibility index (Phi) is 46.0. The Bertz CT molecular complexity index is 4290. The number of carbonyl (C=O) groups excluding carboxylic acids is 10. The molecule has 0 aliphatic rings. The Morgan fingerprint density at radius 3 is 0.866 bits per heavy atom. The van der Waals surface area contributed by atoms with Crippen molar-refractivity contribution in [1.29, 1.82) is 0 Å². The van der Waals surface area contributed by atoms with Crippen LogP contribution in [-0.2, 0) is 131 Å². The lowest BCUT2D eigenvalue weighted by Crippen LogP contribution is -2.43. The van der Waals surface area contributed by atoms with Crippen LogP contribution in [0.5, 0.6) is 17.2 Å². The SMILES string of the molecule is C=C(OCC(C)(COC(=O)C(C)(CCl)CCl)C(=O)OCc1cnn(CCCCC(=O)Oc2ccc(C(C)(c3ccc(OC(=O)CCCCn4cc(COC(=C)C(C)(COC(=O)C(C)(CCl)CCl)COC(=O)C(C)(CCl)CCl)cn4)cc3)c3ccc(OC(=O)CCCCn4cc(COC(=O)C(C)(CCC(=O)C(C)(CC)CCl)COC(=O)C(C)(CCl)CCl)cn4)cc3)cc2)c1)C(C)(CCl)CCl. The van der Waals surface area contributed by atoms with Crippen LogP contribution in [0, 0.1) is 48.7 Å². The molecule has 38 heteroatoms. The first kappa shape index (κ1) is 115. The van der Waals surface area contributed by atoms with E-state index in [1.165, 1.54) is 6.92 Å². The van der Waals surface area contributed by atoms with Gasteiger partial charge < -0.3 is 52.1 Å². The Hall–Kier alpha value is -7.54. The van der Waals surface area contributed by atoms with Crippen molar-refractivity contribution in [3.63, 3.8) is 0 Å². The largest absolute Gasteiger partial charge is 0.497 e. The van der Waals surface area contributed by atoms with Gasteiger partial charge in [0.1, 0.15) is 87.1 Å². The number of benzene rings is 3. The third kappa shape index (κ3) is 32.5. The molecule has 0 radical (unpaired) electrons. The molecule has 0 aliphatic heterocycles. The van der Waals surface area contributed by atoms with Crippen molar-refractivity contribution < 1.29 is 100 Å². The van der Waals surface area contributed by atoms with Crippen LogP contribution in [0.15, 0.2) is 135 Å². The molecule has 0 bridgehead atoms. The van der Waals surface area contributed by atoms with E-state index in [-0.39, 0.29) is 160 Å². The number of esters is 9. The van der Waals surface area contributed by atoms with Crippen molar-refractivity contribution >= 4 is 187 Å². The summed E-state index contributed by atoms with van der Waals surface area (Å²) in [5, 5.41) is 13.3. The van der Waals surface area contributed by atoms with Gasteiger partial charge >= 0.3 is 53.7 Å². The first-order chi connectivity index (χ1) is 63.3. The van der Waals surface area contributed by atoms with Gasteiger partial charge in [-0.25, -0.2) is 0 Å². The number of ketones is 1. The fraction of sp³-hybridized carbons (Fsp3) is 0.573. The maximum Gasteiger partial charge on any atom is 0.319 e. The minimum Gasteiger partial charge on any atom is -0.497 e. The molecule has 134 heavy (non-hydrogen) atoms. The second-order valence-corrected chi connectivity index (χ2v) is 39.4. The molecule has 3 aromatic heterocycles. The molecule has 4 unspecified atom stereocenters. The van der Waals surface area contributed by atoms with Crippen LogP contribution in [0.3, 0.4) is 0 Å². The van der Waals surface area contributed by atoms with Gasteiger partial charge in [-0.2, -0.15) is 15.3 Å². The summed E-state index contributed by atoms with van der Waals surface area (Å²) in [6.45, 7) is 25.7. The highest BCUT2D eigenvalue weighted by Crippen LogP contribution is 2.43. The Morgan fingerprint density at radius 2 is 0.567 bits per heavy atom. The van der Waals surface area contributed by atoms with Crippen LogP contribution >= 0.6 is 128 Å². The molecule has 0 saturated carbocycles. The monoisotopic (exact) mass is 2080 g/mol. The molecule has 740 valence electrons. The molecule has 3 heterocycles. The van der Waals surface area contributed by atoms with Crippen molar-refractivity contribution in [2.75, 3.05) is 97.7 Å². The topological polar surface area (TPSA) is 326 Å². The summed E-state index contributed by atoms with van der Waals surface area (Å²) in [5.41, 5.74) is -7.41. The van der Waals surface area contributed by atoms with Crippen molar-refractivity contribution in [3.05, 3.63) is 168 Å². The van der Waals surface area contributed by atoms with Gasteiger partial charge in [0.25, 0.3) is 0 Å². The summed E-state index contributed by atoms with van der Waals surface area (Å²) >= 11 is 67.1. The fourth-order valence-electron chi connectivity index (χ4n) is 12.5. The summed E-state index contributed by atoms with van der Waals surface area (Å²) in [4.78, 5) is 134. The number of Topliss-reactive ketones (excluding diaryl/α,β-unsaturated/α-hetero) is 1. The fourth-order valence-corrected chi connectivity index (χ4v) is 15.4. The zero-order valence-electron chi connectivity index (χ0n) is 77.8. The molecule has 0 spiro atoms. The average Bonchev–Trinajstić information content (AvgIpc) is 1.41. The minimum absolute atomic E-state index is 0.00707. The number of unbranched alkanes of at least 4 members (excludes halogenated alkanes) is 3. The number of aryl methyl sites for hydroxylation is 3. The number of rotatable bonds is 63. The molecule has 3 aromatic carbocycles. The van der Waals surface area contributed by atoms with Gasteiger partial charge in [-0.1, -0.05) is 70.3 Å². The number of aromatic nitrogens is 6. The molecular formula is C96H123Cl11N6O21. The van der Waals surface area contributed by atoms with E-state index in [1.807, 2.05) is 50.2 Å². The zero-order chi connectivity index (χ0) is 99.5. The van der Waals surface area contributed by atoms with Gasteiger partial charge in [-0.15, -0.1) is 128 Å². The third-order valence-electron chi connectivity index (χ3n) is 23.8. The number of allylic oxidation sites excluding steroid dienone is 1. The summed E-state index contributed by atoms with van der Waals surface area (Å²) in [5.74, 6) is -5.02. The van der Waals surface area contributed by atoms with E-state index in [9.17, 15) is 47.9 Å². The lowest BCUT2D eigenvalue weighted by Gasteiger charge is -2.33. The van der Waals surface area contributed by atoms with Crippen molar-refractivity contribution in [1.82, 2.24) is 29.3 Å². The van der Waals surface area contributed by atoms with Gasteiger partial charge in [0, 0.05) is 156 Å². The number of nitrogens with zero attached hydrogens (tertiary/aromatic N) is 6. The molecule has 0 aliphatic carbocycles. The number of halogens is 11.